The Morgan fingerprint density at radius 2 is 1.13 bits per heavy atom. The molecule has 1 rings (SSSR count). The van der Waals surface area contributed by atoms with Crippen molar-refractivity contribution in [3.05, 3.63) is 0 Å². The Balaban J connectivity index is 2.32. The highest BCUT2D eigenvalue weighted by molar-refractivity contribution is 7.80. The Kier molecular flexibility index (Phi) is 34.0. The van der Waals surface area contributed by atoms with E-state index in [1.807, 2.05) is 0 Å². The van der Waals surface area contributed by atoms with Gasteiger partial charge in [0.15, 0.2) is 6.10 Å². The molecule has 1 fully saturated rings. The number of hydrogen-bond donors (Lipinski definition) is 2. The van der Waals surface area contributed by atoms with Gasteiger partial charge >= 0.3 is 19.8 Å². The van der Waals surface area contributed by atoms with Crippen molar-refractivity contribution in [3.8, 4) is 0 Å². The lowest BCUT2D eigenvalue weighted by Crippen LogP contribution is -2.29. The highest BCUT2D eigenvalue weighted by Gasteiger charge is 2.35. The first kappa shape index (κ1) is 51.9. The minimum absolute atomic E-state index is 0.101. The van der Waals surface area contributed by atoms with Crippen molar-refractivity contribution < 1.29 is 42.7 Å². The predicted octanol–water partition coefficient (Wildman–Crippen LogP) is 11.3. The second-order valence-electron chi connectivity index (χ2n) is 15.8. The zero-order valence-corrected chi connectivity index (χ0v) is 36.8. The fourth-order valence-corrected chi connectivity index (χ4v) is 7.97. The summed E-state index contributed by atoms with van der Waals surface area (Å²) in [6.07, 6.45) is 32.8. The normalized spacial score (nSPS) is 17.2. The number of nitrogens with zero attached hydrogens (tertiary/aromatic N) is 1. The molecule has 0 aromatic rings. The van der Waals surface area contributed by atoms with E-state index in [9.17, 15) is 24.2 Å². The smallest absolute Gasteiger partial charge is 0.472 e. The van der Waals surface area contributed by atoms with Crippen molar-refractivity contribution in [1.82, 2.24) is 0 Å². The number of phosphoric acid groups is 1. The third-order valence-electron chi connectivity index (χ3n) is 10.5. The summed E-state index contributed by atoms with van der Waals surface area (Å²) in [6.45, 7) is 3.34. The number of rotatable bonds is 41. The van der Waals surface area contributed by atoms with Crippen molar-refractivity contribution >= 4 is 38.3 Å². The van der Waals surface area contributed by atoms with E-state index in [-0.39, 0.29) is 44.9 Å². The van der Waals surface area contributed by atoms with E-state index in [0.717, 1.165) is 43.9 Å². The standard InChI is InChI=1S/C43H82NO9PS/c1-3-5-7-9-11-12-13-14-15-16-17-21-25-29-42(46)50-36-40(37-52-54(48,49)51-33-32-44-41(45)31-34-55)53-43(47)30-26-22-18-20-24-28-39-35-38(39)27-23-19-10-8-6-4-2/h38-40,55H,3-37H2,1-2H3,(H,44,45)(H,48,49)/p-1/t38-,39-,40+/m0/s1. The molecule has 1 aliphatic carbocycles. The first-order chi connectivity index (χ1) is 26.7. The average molecular weight is 819 g/mol. The number of thiol groups is 1. The number of carbonyl (C=O) groups excluding carboxylic acids is 2. The molecule has 1 aliphatic rings. The summed E-state index contributed by atoms with van der Waals surface area (Å²) in [4.78, 5) is 39.0. The van der Waals surface area contributed by atoms with E-state index < -0.39 is 32.5 Å². The zero-order valence-electron chi connectivity index (χ0n) is 35.0. The Hall–Kier alpha value is -1.13. The SMILES string of the molecule is CCCCCCCCCCCCCCCC(=O)OC[C@H](COP(=O)(O)OCCN=C([O-])CCS)OC(=O)CCCCCCC[C@H]1C[C@@H]1CCCCCCCC. The van der Waals surface area contributed by atoms with E-state index in [0.29, 0.717) is 12.2 Å². The molecule has 0 aliphatic heterocycles. The second kappa shape index (κ2) is 36.0. The molecule has 0 heterocycles. The molecule has 55 heavy (non-hydrogen) atoms. The van der Waals surface area contributed by atoms with Crippen molar-refractivity contribution in [2.24, 2.45) is 16.8 Å². The highest BCUT2D eigenvalue weighted by atomic mass is 32.1. The molecular formula is C43H81NO9PS-. The van der Waals surface area contributed by atoms with Gasteiger partial charge in [0.2, 0.25) is 0 Å². The molecule has 4 atom stereocenters. The van der Waals surface area contributed by atoms with E-state index >= 15 is 0 Å². The first-order valence-corrected chi connectivity index (χ1v) is 24.6. The molecule has 0 aromatic carbocycles. The van der Waals surface area contributed by atoms with Crippen LogP contribution in [-0.2, 0) is 32.7 Å². The number of hydrogen-bond acceptors (Lipinski definition) is 10. The minimum atomic E-state index is -4.53. The number of unbranched alkanes of at least 4 members (excludes halogenated alkanes) is 21. The van der Waals surface area contributed by atoms with Crippen LogP contribution in [0.25, 0.3) is 0 Å². The maximum atomic E-state index is 12.7. The summed E-state index contributed by atoms with van der Waals surface area (Å²) < 4.78 is 33.4. The van der Waals surface area contributed by atoms with Gasteiger partial charge in [-0.3, -0.25) is 18.6 Å². The molecule has 12 heteroatoms. The van der Waals surface area contributed by atoms with Gasteiger partial charge in [-0.1, -0.05) is 168 Å². The summed E-state index contributed by atoms with van der Waals surface area (Å²) in [5.74, 6) is 0.999. The fraction of sp³-hybridized carbons (Fsp3) is 0.930. The van der Waals surface area contributed by atoms with Gasteiger partial charge in [-0.05, 0) is 49.2 Å². The van der Waals surface area contributed by atoms with Gasteiger partial charge in [0.1, 0.15) is 6.61 Å². The summed E-state index contributed by atoms with van der Waals surface area (Å²) in [7, 11) is -4.53. The van der Waals surface area contributed by atoms with Crippen LogP contribution in [0.4, 0.5) is 0 Å². The van der Waals surface area contributed by atoms with Crippen molar-refractivity contribution in [1.29, 1.82) is 0 Å². The molecule has 1 saturated carbocycles. The lowest BCUT2D eigenvalue weighted by Gasteiger charge is -2.20. The third kappa shape index (κ3) is 33.5. The first-order valence-electron chi connectivity index (χ1n) is 22.5. The number of carbonyl (C=O) groups is 2. The van der Waals surface area contributed by atoms with E-state index in [1.54, 1.807) is 0 Å². The molecule has 1 unspecified atom stereocenters. The van der Waals surface area contributed by atoms with Crippen molar-refractivity contribution in [3.63, 3.8) is 0 Å². The van der Waals surface area contributed by atoms with E-state index in [2.05, 4.69) is 31.5 Å². The van der Waals surface area contributed by atoms with Gasteiger partial charge in [-0.25, -0.2) is 4.57 Å². The molecule has 0 aromatic heterocycles. The van der Waals surface area contributed by atoms with Crippen LogP contribution in [0.15, 0.2) is 4.99 Å². The maximum Gasteiger partial charge on any atom is 0.472 e. The number of phosphoric ester groups is 1. The largest absolute Gasteiger partial charge is 0.862 e. The molecule has 0 spiro atoms. The number of aliphatic imine (C=N–C) groups is 1. The minimum Gasteiger partial charge on any atom is -0.862 e. The number of ether oxygens (including phenoxy) is 2. The van der Waals surface area contributed by atoms with Crippen LogP contribution in [0.2, 0.25) is 0 Å². The van der Waals surface area contributed by atoms with E-state index in [1.165, 1.54) is 135 Å². The van der Waals surface area contributed by atoms with Crippen LogP contribution >= 0.6 is 20.5 Å². The van der Waals surface area contributed by atoms with Crippen LogP contribution in [0.5, 0.6) is 0 Å². The summed E-state index contributed by atoms with van der Waals surface area (Å²) in [5.41, 5.74) is 0. The van der Waals surface area contributed by atoms with Gasteiger partial charge in [-0.15, -0.1) is 0 Å². The summed E-state index contributed by atoms with van der Waals surface area (Å²) in [6, 6.07) is 0. The monoisotopic (exact) mass is 819 g/mol. The van der Waals surface area contributed by atoms with Gasteiger partial charge in [-0.2, -0.15) is 12.6 Å². The topological polar surface area (TPSA) is 144 Å². The molecule has 0 amide bonds. The van der Waals surface area contributed by atoms with Crippen molar-refractivity contribution in [2.45, 2.75) is 213 Å². The molecule has 10 nitrogen and oxygen atoms in total. The van der Waals surface area contributed by atoms with Crippen LogP contribution in [0, 0.1) is 11.8 Å². The highest BCUT2D eigenvalue weighted by Crippen LogP contribution is 2.46. The summed E-state index contributed by atoms with van der Waals surface area (Å²) in [5, 5.41) is 11.5. The Morgan fingerprint density at radius 1 is 0.673 bits per heavy atom. The van der Waals surface area contributed by atoms with Crippen LogP contribution < -0.4 is 5.11 Å². The van der Waals surface area contributed by atoms with Crippen molar-refractivity contribution in [2.75, 3.05) is 32.1 Å². The molecular weight excluding hydrogens is 738 g/mol. The van der Waals surface area contributed by atoms with Crippen LogP contribution in [0.3, 0.4) is 0 Å². The quantitative estimate of drug-likeness (QED) is 0.0154. The molecule has 0 radical (unpaired) electrons. The summed E-state index contributed by atoms with van der Waals surface area (Å²) >= 11 is 3.98. The van der Waals surface area contributed by atoms with Crippen LogP contribution in [-0.4, -0.2) is 61.0 Å². The van der Waals surface area contributed by atoms with Gasteiger partial charge in [0.05, 0.1) is 19.8 Å². The molecule has 0 bridgehead atoms. The third-order valence-corrected chi connectivity index (χ3v) is 11.8. The molecule has 324 valence electrons. The molecule has 0 saturated heterocycles. The van der Waals surface area contributed by atoms with Gasteiger partial charge < -0.3 is 24.5 Å². The Labute approximate surface area is 341 Å². The van der Waals surface area contributed by atoms with Crippen LogP contribution in [0.1, 0.15) is 206 Å². The lowest BCUT2D eigenvalue weighted by molar-refractivity contribution is -0.218. The second-order valence-corrected chi connectivity index (χ2v) is 17.7. The maximum absolute atomic E-state index is 12.7. The Bertz CT molecular complexity index is 1020. The zero-order chi connectivity index (χ0) is 40.2. The molecule has 1 N–H and O–H groups in total. The van der Waals surface area contributed by atoms with E-state index in [4.69, 9.17) is 18.5 Å². The lowest BCUT2D eigenvalue weighted by atomic mass is 10.0. The van der Waals surface area contributed by atoms with Gasteiger partial charge in [0, 0.05) is 12.8 Å². The van der Waals surface area contributed by atoms with Gasteiger partial charge in [0.25, 0.3) is 0 Å². The Morgan fingerprint density at radius 3 is 1.62 bits per heavy atom. The average Bonchev–Trinajstić information content (AvgIpc) is 3.92. The number of esters is 2. The fourth-order valence-electron chi connectivity index (χ4n) is 7.03. The predicted molar refractivity (Wildman–Crippen MR) is 226 cm³/mol.